The first-order valence-corrected chi connectivity index (χ1v) is 8.17. The monoisotopic (exact) mass is 326 g/mol. The van der Waals surface area contributed by atoms with Gasteiger partial charge in [-0.05, 0) is 23.8 Å². The number of carbonyl (C=O) groups is 1. The van der Waals surface area contributed by atoms with Crippen LogP contribution in [0.2, 0.25) is 0 Å². The van der Waals surface area contributed by atoms with Crippen LogP contribution >= 0.6 is 10.7 Å². The molecule has 5 nitrogen and oxygen atoms in total. The highest BCUT2D eigenvalue weighted by Gasteiger charge is 2.19. The van der Waals surface area contributed by atoms with Crippen LogP contribution in [0.4, 0.5) is 0 Å². The van der Waals surface area contributed by atoms with Crippen molar-refractivity contribution in [1.82, 2.24) is 0 Å². The third kappa shape index (κ3) is 3.96. The van der Waals surface area contributed by atoms with Gasteiger partial charge in [-0.15, -0.1) is 0 Å². The molecule has 2 aromatic carbocycles. The van der Waals surface area contributed by atoms with Crippen molar-refractivity contribution in [2.45, 2.75) is 11.5 Å². The fourth-order valence-electron chi connectivity index (χ4n) is 1.69. The number of halogens is 1. The third-order valence-corrected chi connectivity index (χ3v) is 4.03. The number of ether oxygens (including phenoxy) is 1. The number of carboxylic acid groups (broad SMARTS) is 1. The highest BCUT2D eigenvalue weighted by atomic mass is 35.7. The molecule has 0 fully saturated rings. The maximum atomic E-state index is 11.5. The smallest absolute Gasteiger partial charge is 0.335 e. The van der Waals surface area contributed by atoms with E-state index in [2.05, 4.69) is 0 Å². The average molecular weight is 327 g/mol. The maximum absolute atomic E-state index is 11.5. The van der Waals surface area contributed by atoms with E-state index in [9.17, 15) is 13.2 Å². The lowest BCUT2D eigenvalue weighted by Crippen LogP contribution is -2.04. The van der Waals surface area contributed by atoms with E-state index in [1.807, 2.05) is 30.3 Å². The number of aromatic carboxylic acids is 1. The SMILES string of the molecule is O=C(O)c1ccc(OCc2ccccc2)c(S(=O)(=O)Cl)c1. The van der Waals surface area contributed by atoms with Crippen LogP contribution in [-0.4, -0.2) is 19.5 Å². The Labute approximate surface area is 126 Å². The summed E-state index contributed by atoms with van der Waals surface area (Å²) in [4.78, 5) is 10.5. The highest BCUT2D eigenvalue weighted by Crippen LogP contribution is 2.28. The van der Waals surface area contributed by atoms with Crippen LogP contribution in [0.25, 0.3) is 0 Å². The highest BCUT2D eigenvalue weighted by molar-refractivity contribution is 8.13. The Morgan fingerprint density at radius 3 is 2.38 bits per heavy atom. The van der Waals surface area contributed by atoms with E-state index in [0.717, 1.165) is 11.6 Å². The van der Waals surface area contributed by atoms with Gasteiger partial charge in [0.1, 0.15) is 17.3 Å². The van der Waals surface area contributed by atoms with E-state index >= 15 is 0 Å². The Morgan fingerprint density at radius 2 is 1.81 bits per heavy atom. The molecule has 0 saturated heterocycles. The normalized spacial score (nSPS) is 11.1. The second-order valence-corrected chi connectivity index (χ2v) is 6.71. The van der Waals surface area contributed by atoms with Gasteiger partial charge in [0, 0.05) is 10.7 Å². The Bertz CT molecular complexity index is 756. The average Bonchev–Trinajstić information content (AvgIpc) is 2.45. The summed E-state index contributed by atoms with van der Waals surface area (Å²) in [6.07, 6.45) is 0. The van der Waals surface area contributed by atoms with Crippen LogP contribution in [0.15, 0.2) is 53.4 Å². The molecule has 0 amide bonds. The molecule has 0 heterocycles. The maximum Gasteiger partial charge on any atom is 0.335 e. The zero-order valence-corrected chi connectivity index (χ0v) is 12.3. The molecule has 110 valence electrons. The predicted molar refractivity (Wildman–Crippen MR) is 77.2 cm³/mol. The van der Waals surface area contributed by atoms with Gasteiger partial charge in [0.05, 0.1) is 5.56 Å². The van der Waals surface area contributed by atoms with Crippen molar-refractivity contribution in [3.8, 4) is 5.75 Å². The summed E-state index contributed by atoms with van der Waals surface area (Å²) in [5.41, 5.74) is 0.666. The molecular formula is C14H11ClO5S. The zero-order chi connectivity index (χ0) is 15.5. The first kappa shape index (κ1) is 15.3. The van der Waals surface area contributed by atoms with Crippen LogP contribution < -0.4 is 4.74 Å². The molecule has 0 radical (unpaired) electrons. The molecule has 0 bridgehead atoms. The van der Waals surface area contributed by atoms with Crippen LogP contribution in [-0.2, 0) is 15.7 Å². The van der Waals surface area contributed by atoms with Crippen molar-refractivity contribution >= 4 is 25.7 Å². The zero-order valence-electron chi connectivity index (χ0n) is 10.7. The van der Waals surface area contributed by atoms with Gasteiger partial charge in [-0.2, -0.15) is 0 Å². The molecule has 0 unspecified atom stereocenters. The van der Waals surface area contributed by atoms with Gasteiger partial charge in [0.25, 0.3) is 9.05 Å². The van der Waals surface area contributed by atoms with Crippen molar-refractivity contribution in [2.75, 3.05) is 0 Å². The van der Waals surface area contributed by atoms with Crippen LogP contribution in [0, 0.1) is 0 Å². The predicted octanol–water partition coefficient (Wildman–Crippen LogP) is 2.89. The van der Waals surface area contributed by atoms with E-state index < -0.39 is 15.0 Å². The van der Waals surface area contributed by atoms with Crippen molar-refractivity contribution in [1.29, 1.82) is 0 Å². The summed E-state index contributed by atoms with van der Waals surface area (Å²) < 4.78 is 28.5. The molecule has 2 aromatic rings. The van der Waals surface area contributed by atoms with Crippen molar-refractivity contribution in [2.24, 2.45) is 0 Å². The van der Waals surface area contributed by atoms with Crippen molar-refractivity contribution in [3.05, 3.63) is 59.7 Å². The standard InChI is InChI=1S/C14H11ClO5S/c15-21(18,19)13-8-11(14(16)17)6-7-12(13)20-9-10-4-2-1-3-5-10/h1-8H,9H2,(H,16,17). The lowest BCUT2D eigenvalue weighted by Gasteiger charge is -2.10. The van der Waals surface area contributed by atoms with Gasteiger partial charge < -0.3 is 9.84 Å². The van der Waals surface area contributed by atoms with Gasteiger partial charge in [-0.3, -0.25) is 0 Å². The molecule has 0 aliphatic carbocycles. The van der Waals surface area contributed by atoms with E-state index in [0.29, 0.717) is 0 Å². The lowest BCUT2D eigenvalue weighted by atomic mass is 10.2. The minimum Gasteiger partial charge on any atom is -0.487 e. The van der Waals surface area contributed by atoms with Gasteiger partial charge >= 0.3 is 5.97 Å². The van der Waals surface area contributed by atoms with Gasteiger partial charge in [-0.1, -0.05) is 30.3 Å². The fraction of sp³-hybridized carbons (Fsp3) is 0.0714. The minimum absolute atomic E-state index is 0.0128. The topological polar surface area (TPSA) is 80.7 Å². The fourth-order valence-corrected chi connectivity index (χ4v) is 2.68. The van der Waals surface area contributed by atoms with E-state index in [1.165, 1.54) is 12.1 Å². The molecule has 21 heavy (non-hydrogen) atoms. The number of hydrogen-bond donors (Lipinski definition) is 1. The summed E-state index contributed by atoms with van der Waals surface area (Å²) in [5.74, 6) is -1.23. The number of benzene rings is 2. The Kier molecular flexibility index (Phi) is 4.50. The molecule has 0 atom stereocenters. The molecule has 7 heteroatoms. The molecule has 0 spiro atoms. The van der Waals surface area contributed by atoms with E-state index in [4.69, 9.17) is 20.5 Å². The molecule has 0 saturated carbocycles. The molecule has 0 aliphatic heterocycles. The molecule has 2 rings (SSSR count). The first-order chi connectivity index (χ1) is 9.88. The summed E-state index contributed by atoms with van der Waals surface area (Å²) >= 11 is 0. The summed E-state index contributed by atoms with van der Waals surface area (Å²) in [7, 11) is 1.21. The first-order valence-electron chi connectivity index (χ1n) is 5.86. The Morgan fingerprint density at radius 1 is 1.14 bits per heavy atom. The quantitative estimate of drug-likeness (QED) is 0.854. The van der Waals surface area contributed by atoms with Crippen LogP contribution in [0.5, 0.6) is 5.75 Å². The molecule has 0 aliphatic rings. The molecule has 0 aromatic heterocycles. The molecule has 1 N–H and O–H groups in total. The second-order valence-electron chi connectivity index (χ2n) is 4.18. The van der Waals surface area contributed by atoms with Crippen LogP contribution in [0.1, 0.15) is 15.9 Å². The summed E-state index contributed by atoms with van der Waals surface area (Å²) in [6, 6.07) is 12.7. The summed E-state index contributed by atoms with van der Waals surface area (Å²) in [6.45, 7) is 0.146. The largest absolute Gasteiger partial charge is 0.487 e. The number of hydrogen-bond acceptors (Lipinski definition) is 4. The number of carboxylic acids is 1. The number of rotatable bonds is 5. The van der Waals surface area contributed by atoms with Crippen LogP contribution in [0.3, 0.4) is 0 Å². The molecular weight excluding hydrogens is 316 g/mol. The summed E-state index contributed by atoms with van der Waals surface area (Å²) in [5, 5.41) is 8.90. The Hall–Kier alpha value is -2.05. The Balaban J connectivity index is 2.33. The van der Waals surface area contributed by atoms with Gasteiger partial charge in [0.15, 0.2) is 0 Å². The minimum atomic E-state index is -4.11. The van der Waals surface area contributed by atoms with Crippen molar-refractivity contribution in [3.63, 3.8) is 0 Å². The second kappa shape index (κ2) is 6.15. The lowest BCUT2D eigenvalue weighted by molar-refractivity contribution is 0.0696. The van der Waals surface area contributed by atoms with Gasteiger partial charge in [0.2, 0.25) is 0 Å². The van der Waals surface area contributed by atoms with E-state index in [-0.39, 0.29) is 22.8 Å². The third-order valence-electron chi connectivity index (χ3n) is 2.69. The van der Waals surface area contributed by atoms with Gasteiger partial charge in [-0.25, -0.2) is 13.2 Å². The van der Waals surface area contributed by atoms with E-state index in [1.54, 1.807) is 0 Å². The van der Waals surface area contributed by atoms with Crippen molar-refractivity contribution < 1.29 is 23.1 Å².